The van der Waals surface area contributed by atoms with Crippen LogP contribution in [0, 0.1) is 11.3 Å². The Bertz CT molecular complexity index is 560. The Balaban J connectivity index is 1.41. The van der Waals surface area contributed by atoms with Crippen molar-refractivity contribution in [2.24, 2.45) is 11.3 Å². The van der Waals surface area contributed by atoms with Crippen LogP contribution < -0.4 is 5.32 Å². The van der Waals surface area contributed by atoms with E-state index in [4.69, 9.17) is 0 Å². The molecule has 1 saturated heterocycles. The maximum Gasteiger partial charge on any atom is 0.226 e. The van der Waals surface area contributed by atoms with Crippen LogP contribution in [-0.2, 0) is 24.3 Å². The summed E-state index contributed by atoms with van der Waals surface area (Å²) in [7, 11) is 1.91. The summed E-state index contributed by atoms with van der Waals surface area (Å²) in [5.41, 5.74) is 0.309. The zero-order valence-corrected chi connectivity index (χ0v) is 12.6. The van der Waals surface area contributed by atoms with Gasteiger partial charge in [0, 0.05) is 25.9 Å². The highest BCUT2D eigenvalue weighted by Crippen LogP contribution is 2.59. The Hall–Kier alpha value is -1.43. The monoisotopic (exact) mass is 289 g/mol. The number of aromatic nitrogens is 3. The van der Waals surface area contributed by atoms with Crippen molar-refractivity contribution < 1.29 is 4.79 Å². The van der Waals surface area contributed by atoms with Crippen molar-refractivity contribution in [2.45, 2.75) is 45.2 Å². The zero-order chi connectivity index (χ0) is 14.4. The molecular formula is C15H23N5O. The predicted molar refractivity (Wildman–Crippen MR) is 77.5 cm³/mol. The average molecular weight is 289 g/mol. The molecule has 3 aliphatic rings. The molecule has 1 amide bonds. The molecule has 6 heteroatoms. The summed E-state index contributed by atoms with van der Waals surface area (Å²) in [5.74, 6) is 2.56. The van der Waals surface area contributed by atoms with Gasteiger partial charge in [-0.25, -0.2) is 0 Å². The highest BCUT2D eigenvalue weighted by atomic mass is 16.2. The van der Waals surface area contributed by atoms with Crippen molar-refractivity contribution in [1.29, 1.82) is 0 Å². The summed E-state index contributed by atoms with van der Waals surface area (Å²) < 4.78 is 2.18. The second-order valence-corrected chi connectivity index (χ2v) is 6.85. The summed E-state index contributed by atoms with van der Waals surface area (Å²) in [6.45, 7) is 3.71. The lowest BCUT2D eigenvalue weighted by Gasteiger charge is -2.25. The Morgan fingerprint density at radius 3 is 3.05 bits per heavy atom. The van der Waals surface area contributed by atoms with Gasteiger partial charge in [-0.05, 0) is 44.2 Å². The van der Waals surface area contributed by atoms with Crippen molar-refractivity contribution in [3.05, 3.63) is 11.6 Å². The van der Waals surface area contributed by atoms with Crippen molar-refractivity contribution in [2.75, 3.05) is 20.1 Å². The molecule has 1 aliphatic carbocycles. The van der Waals surface area contributed by atoms with Gasteiger partial charge in [0.1, 0.15) is 5.82 Å². The first kappa shape index (κ1) is 13.2. The lowest BCUT2D eigenvalue weighted by molar-refractivity contribution is -0.133. The van der Waals surface area contributed by atoms with Crippen LogP contribution in [0.15, 0.2) is 0 Å². The van der Waals surface area contributed by atoms with E-state index in [9.17, 15) is 4.79 Å². The molecule has 6 nitrogen and oxygen atoms in total. The minimum absolute atomic E-state index is 0.241. The number of hydrogen-bond donors (Lipinski definition) is 1. The number of hydrogen-bond acceptors (Lipinski definition) is 4. The molecule has 3 heterocycles. The van der Waals surface area contributed by atoms with Gasteiger partial charge in [-0.2, -0.15) is 0 Å². The van der Waals surface area contributed by atoms with E-state index in [1.54, 1.807) is 0 Å². The fraction of sp³-hybridized carbons (Fsp3) is 0.800. The van der Waals surface area contributed by atoms with Crippen LogP contribution in [0.5, 0.6) is 0 Å². The molecule has 114 valence electrons. The summed E-state index contributed by atoms with van der Waals surface area (Å²) >= 11 is 0. The minimum Gasteiger partial charge on any atom is -0.338 e. The Morgan fingerprint density at radius 2 is 2.24 bits per heavy atom. The number of rotatable bonds is 3. The van der Waals surface area contributed by atoms with Gasteiger partial charge < -0.3 is 14.8 Å². The number of carbonyl (C=O) groups excluding carboxylic acids is 1. The van der Waals surface area contributed by atoms with Crippen LogP contribution in [0.25, 0.3) is 0 Å². The summed E-state index contributed by atoms with van der Waals surface area (Å²) in [6, 6.07) is 0. The van der Waals surface area contributed by atoms with Gasteiger partial charge in [-0.1, -0.05) is 0 Å². The molecule has 0 radical (unpaired) electrons. The topological polar surface area (TPSA) is 63.1 Å². The van der Waals surface area contributed by atoms with E-state index in [2.05, 4.69) is 20.1 Å². The van der Waals surface area contributed by atoms with E-state index < -0.39 is 0 Å². The van der Waals surface area contributed by atoms with E-state index in [0.717, 1.165) is 63.4 Å². The molecule has 2 aliphatic heterocycles. The quantitative estimate of drug-likeness (QED) is 0.884. The third-order valence-corrected chi connectivity index (χ3v) is 5.53. The summed E-state index contributed by atoms with van der Waals surface area (Å²) in [6.07, 6.45) is 5.54. The molecule has 1 atom stereocenters. The first-order valence-electron chi connectivity index (χ1n) is 8.06. The number of nitrogens with one attached hydrogen (secondary N) is 1. The molecule has 2 fully saturated rings. The Morgan fingerprint density at radius 1 is 1.43 bits per heavy atom. The molecule has 4 rings (SSSR count). The fourth-order valence-electron chi connectivity index (χ4n) is 4.06. The van der Waals surface area contributed by atoms with Crippen LogP contribution in [0.4, 0.5) is 0 Å². The van der Waals surface area contributed by atoms with Crippen LogP contribution in [0.3, 0.4) is 0 Å². The molecule has 1 N–H and O–H groups in total. The SMILES string of the molecule is CN(Cc1nnc2n1CCC2)C(=O)C1CC12CCNCC2. The summed E-state index contributed by atoms with van der Waals surface area (Å²) in [5, 5.41) is 11.9. The highest BCUT2D eigenvalue weighted by molar-refractivity contribution is 5.82. The maximum absolute atomic E-state index is 12.7. The smallest absolute Gasteiger partial charge is 0.226 e. The zero-order valence-electron chi connectivity index (χ0n) is 12.6. The van der Waals surface area contributed by atoms with Crippen LogP contribution in [0.2, 0.25) is 0 Å². The third-order valence-electron chi connectivity index (χ3n) is 5.53. The lowest BCUT2D eigenvalue weighted by atomic mass is 9.91. The molecule has 1 saturated carbocycles. The molecule has 0 aromatic carbocycles. The number of piperidine rings is 1. The van der Waals surface area contributed by atoms with Crippen molar-refractivity contribution >= 4 is 5.91 Å². The molecule has 0 bridgehead atoms. The molecule has 1 aromatic heterocycles. The fourth-order valence-corrected chi connectivity index (χ4v) is 4.06. The second-order valence-electron chi connectivity index (χ2n) is 6.85. The average Bonchev–Trinajstić information content (AvgIpc) is 2.87. The minimum atomic E-state index is 0.241. The predicted octanol–water partition coefficient (Wildman–Crippen LogP) is 0.572. The molecule has 1 unspecified atom stereocenters. The molecule has 21 heavy (non-hydrogen) atoms. The number of amides is 1. The molecule has 1 spiro atoms. The van der Waals surface area contributed by atoms with E-state index in [0.29, 0.717) is 17.9 Å². The summed E-state index contributed by atoms with van der Waals surface area (Å²) in [4.78, 5) is 14.5. The van der Waals surface area contributed by atoms with Crippen molar-refractivity contribution in [1.82, 2.24) is 25.0 Å². The lowest BCUT2D eigenvalue weighted by Crippen LogP contribution is -2.34. The van der Waals surface area contributed by atoms with Gasteiger partial charge in [0.15, 0.2) is 5.82 Å². The van der Waals surface area contributed by atoms with Crippen molar-refractivity contribution in [3.63, 3.8) is 0 Å². The number of fused-ring (bicyclic) bond motifs is 1. The van der Waals surface area contributed by atoms with Gasteiger partial charge in [-0.15, -0.1) is 10.2 Å². The largest absolute Gasteiger partial charge is 0.338 e. The normalized spacial score (nSPS) is 25.9. The first-order chi connectivity index (χ1) is 10.2. The van der Waals surface area contributed by atoms with Gasteiger partial charge in [0.05, 0.1) is 6.54 Å². The Kier molecular flexibility index (Phi) is 3.03. The molecule has 1 aromatic rings. The molecular weight excluding hydrogens is 266 g/mol. The number of nitrogens with zero attached hydrogens (tertiary/aromatic N) is 4. The van der Waals surface area contributed by atoms with Crippen LogP contribution in [-0.4, -0.2) is 45.7 Å². The van der Waals surface area contributed by atoms with Gasteiger partial charge in [-0.3, -0.25) is 4.79 Å². The van der Waals surface area contributed by atoms with E-state index in [1.807, 2.05) is 11.9 Å². The second kappa shape index (κ2) is 4.80. The Labute approximate surface area is 124 Å². The first-order valence-corrected chi connectivity index (χ1v) is 8.06. The van der Waals surface area contributed by atoms with Crippen LogP contribution in [0.1, 0.15) is 37.3 Å². The van der Waals surface area contributed by atoms with Crippen LogP contribution >= 0.6 is 0 Å². The van der Waals surface area contributed by atoms with Gasteiger partial charge >= 0.3 is 0 Å². The van der Waals surface area contributed by atoms with E-state index in [-0.39, 0.29) is 5.92 Å². The number of aryl methyl sites for hydroxylation is 1. The maximum atomic E-state index is 12.7. The standard InChI is InChI=1S/C15H23N5O/c1-19(10-13-18-17-12-3-2-8-20(12)13)14(21)11-9-15(11)4-6-16-7-5-15/h11,16H,2-10H2,1H3. The van der Waals surface area contributed by atoms with E-state index >= 15 is 0 Å². The highest BCUT2D eigenvalue weighted by Gasteiger charge is 2.58. The van der Waals surface area contributed by atoms with E-state index in [1.165, 1.54) is 0 Å². The van der Waals surface area contributed by atoms with Gasteiger partial charge in [0.25, 0.3) is 0 Å². The third kappa shape index (κ3) is 2.16. The van der Waals surface area contributed by atoms with Crippen molar-refractivity contribution in [3.8, 4) is 0 Å². The van der Waals surface area contributed by atoms with Gasteiger partial charge in [0.2, 0.25) is 5.91 Å². The number of carbonyl (C=O) groups is 1.